The third-order valence-electron chi connectivity index (χ3n) is 10.4. The molecule has 1 amide bonds. The van der Waals surface area contributed by atoms with Crippen LogP contribution >= 0.6 is 0 Å². The van der Waals surface area contributed by atoms with Gasteiger partial charge in [0.25, 0.3) is 0 Å². The molecule has 2 aromatic rings. The average molecular weight is 650 g/mol. The van der Waals surface area contributed by atoms with Gasteiger partial charge in [0.1, 0.15) is 11.5 Å². The quantitative estimate of drug-likeness (QED) is 0.178. The number of hydrogen-bond donors (Lipinski definition) is 2. The average Bonchev–Trinajstić information content (AvgIpc) is 3.26. The molecule has 3 aliphatic rings. The van der Waals surface area contributed by atoms with Gasteiger partial charge in [0.15, 0.2) is 0 Å². The Labute approximate surface area is 288 Å². The summed E-state index contributed by atoms with van der Waals surface area (Å²) < 4.78 is 6.06. The summed E-state index contributed by atoms with van der Waals surface area (Å²) in [5.41, 5.74) is 3.99. The molecule has 4 atom stereocenters. The summed E-state index contributed by atoms with van der Waals surface area (Å²) >= 11 is 0. The molecular formula is C41H55N5O2. The molecule has 0 radical (unpaired) electrons. The van der Waals surface area contributed by atoms with Crippen molar-refractivity contribution < 1.29 is 9.53 Å². The van der Waals surface area contributed by atoms with Crippen LogP contribution in [0.25, 0.3) is 0 Å². The Balaban J connectivity index is 1.37. The Morgan fingerprint density at radius 2 is 1.79 bits per heavy atom. The van der Waals surface area contributed by atoms with Crippen molar-refractivity contribution in [2.45, 2.75) is 85.1 Å². The van der Waals surface area contributed by atoms with Gasteiger partial charge in [0.2, 0.25) is 5.91 Å². The number of allylic oxidation sites excluding steroid dienone is 2. The Morgan fingerprint density at radius 1 is 1.06 bits per heavy atom. The van der Waals surface area contributed by atoms with Gasteiger partial charge in [-0.3, -0.25) is 14.8 Å². The molecule has 2 heterocycles. The summed E-state index contributed by atoms with van der Waals surface area (Å²) in [4.78, 5) is 25.8. The van der Waals surface area contributed by atoms with Crippen LogP contribution in [0.2, 0.25) is 0 Å². The van der Waals surface area contributed by atoms with Crippen LogP contribution in [0, 0.1) is 29.1 Å². The number of para-hydroxylation sites is 1. The number of likely N-dealkylation sites (tertiary alicyclic amines) is 1. The number of piperidine rings is 1. The van der Waals surface area contributed by atoms with E-state index in [9.17, 15) is 4.79 Å². The van der Waals surface area contributed by atoms with Crippen molar-refractivity contribution in [3.63, 3.8) is 0 Å². The van der Waals surface area contributed by atoms with E-state index < -0.39 is 0 Å². The highest BCUT2D eigenvalue weighted by atomic mass is 16.5. The van der Waals surface area contributed by atoms with Gasteiger partial charge in [-0.15, -0.1) is 0 Å². The number of aliphatic imine (C=N–C) groups is 2. The first-order valence-electron chi connectivity index (χ1n) is 18.2. The molecule has 7 nitrogen and oxygen atoms in total. The van der Waals surface area contributed by atoms with Gasteiger partial charge < -0.3 is 20.4 Å². The van der Waals surface area contributed by atoms with Gasteiger partial charge in [-0.25, -0.2) is 0 Å². The minimum absolute atomic E-state index is 0.0813. The second-order valence-electron chi connectivity index (χ2n) is 14.0. The van der Waals surface area contributed by atoms with E-state index in [4.69, 9.17) is 20.1 Å². The Hall–Kier alpha value is -3.84. The molecule has 2 N–H and O–H groups in total. The number of carbonyl (C=O) groups is 1. The lowest BCUT2D eigenvalue weighted by molar-refractivity contribution is -0.128. The predicted octanol–water partition coefficient (Wildman–Crippen LogP) is 8.66. The summed E-state index contributed by atoms with van der Waals surface area (Å²) in [7, 11) is 0. The third kappa shape index (κ3) is 9.40. The van der Waals surface area contributed by atoms with Crippen LogP contribution in [0.15, 0.2) is 88.0 Å². The second kappa shape index (κ2) is 17.5. The zero-order valence-electron chi connectivity index (χ0n) is 29.5. The standard InChI is InChI=1S/C41H55N5O2/c1-5-29(2)26-44-40-30(3)37(33-14-13-25-46(28-33)38(47)19-12-24-43-34-15-8-6-9-16-34)27-45-41(39(40)31(4)42)32-20-22-36(23-21-32)48-35-17-10-7-11-18-35/h7,10-12,17-23,26,29-30,33-34,37,42-43H,5-6,8-9,13-16,24-25,27-28H2,1-4H3. The zero-order chi connectivity index (χ0) is 33.9. The predicted molar refractivity (Wildman–Crippen MR) is 199 cm³/mol. The number of carbonyl (C=O) groups excluding carboxylic acids is 1. The van der Waals surface area contributed by atoms with Crippen LogP contribution in [-0.4, -0.2) is 60.7 Å². The fourth-order valence-corrected chi connectivity index (χ4v) is 7.32. The van der Waals surface area contributed by atoms with Gasteiger partial charge >= 0.3 is 0 Å². The van der Waals surface area contributed by atoms with Crippen LogP contribution < -0.4 is 10.1 Å². The van der Waals surface area contributed by atoms with Gasteiger partial charge in [0.05, 0.1) is 11.4 Å². The van der Waals surface area contributed by atoms with Gasteiger partial charge in [0, 0.05) is 67.3 Å². The van der Waals surface area contributed by atoms with Crippen molar-refractivity contribution in [1.82, 2.24) is 10.2 Å². The smallest absolute Gasteiger partial charge is 0.246 e. The monoisotopic (exact) mass is 649 g/mol. The van der Waals surface area contributed by atoms with Crippen molar-refractivity contribution in [2.75, 3.05) is 26.2 Å². The maximum atomic E-state index is 13.3. The first-order chi connectivity index (χ1) is 23.3. The topological polar surface area (TPSA) is 90.1 Å². The third-order valence-corrected chi connectivity index (χ3v) is 10.4. The fraction of sp³-hybridized carbons (Fsp3) is 0.512. The van der Waals surface area contributed by atoms with Crippen LogP contribution in [-0.2, 0) is 4.79 Å². The lowest BCUT2D eigenvalue weighted by Crippen LogP contribution is -2.43. The molecule has 1 aliphatic carbocycles. The molecule has 0 bridgehead atoms. The highest BCUT2D eigenvalue weighted by Crippen LogP contribution is 2.38. The first kappa shape index (κ1) is 35.5. The van der Waals surface area contributed by atoms with Crippen molar-refractivity contribution in [3.05, 3.63) is 83.6 Å². The van der Waals surface area contributed by atoms with E-state index in [1.54, 1.807) is 6.08 Å². The van der Waals surface area contributed by atoms with Gasteiger partial charge in [-0.2, -0.15) is 0 Å². The molecule has 1 saturated carbocycles. The number of hydrogen-bond acceptors (Lipinski definition) is 6. The highest BCUT2D eigenvalue weighted by molar-refractivity contribution is 6.29. The molecule has 4 unspecified atom stereocenters. The van der Waals surface area contributed by atoms with Crippen LogP contribution in [0.1, 0.15) is 84.6 Å². The molecule has 2 aliphatic heterocycles. The van der Waals surface area contributed by atoms with E-state index in [2.05, 4.69) is 32.3 Å². The SMILES string of the molecule is CCC(C)C=NC1=C(C(C)=N)C(c2ccc(Oc3ccccc3)cc2)=NCC(C2CCCN(C(=O)C=CCNC3CCCCC3)C2)C1C. The van der Waals surface area contributed by atoms with Gasteiger partial charge in [-0.1, -0.05) is 64.3 Å². The summed E-state index contributed by atoms with van der Waals surface area (Å²) in [5.74, 6) is 2.57. The highest BCUT2D eigenvalue weighted by Gasteiger charge is 2.37. The number of benzene rings is 2. The summed E-state index contributed by atoms with van der Waals surface area (Å²) in [6.45, 7) is 11.4. The lowest BCUT2D eigenvalue weighted by atomic mass is 9.76. The summed E-state index contributed by atoms with van der Waals surface area (Å²) in [6, 6.07) is 18.4. The molecule has 0 aromatic heterocycles. The Bertz CT molecular complexity index is 1490. The molecule has 5 rings (SSSR count). The summed E-state index contributed by atoms with van der Waals surface area (Å²) in [6.07, 6.45) is 15.3. The number of rotatable bonds is 12. The van der Waals surface area contributed by atoms with Crippen LogP contribution in [0.3, 0.4) is 0 Å². The molecule has 0 spiro atoms. The Morgan fingerprint density at radius 3 is 2.50 bits per heavy atom. The normalized spacial score (nSPS) is 23.3. The van der Waals surface area contributed by atoms with E-state index in [1.165, 1.54) is 32.1 Å². The number of ether oxygens (including phenoxy) is 1. The minimum atomic E-state index is 0.0813. The molecule has 2 aromatic carbocycles. The van der Waals surface area contributed by atoms with Crippen molar-refractivity contribution in [1.29, 1.82) is 5.41 Å². The molecule has 48 heavy (non-hydrogen) atoms. The van der Waals surface area contributed by atoms with E-state index in [1.807, 2.05) is 72.5 Å². The Kier molecular flexibility index (Phi) is 12.9. The van der Waals surface area contributed by atoms with E-state index in [0.717, 1.165) is 72.9 Å². The molecule has 1 saturated heterocycles. The first-order valence-corrected chi connectivity index (χ1v) is 18.2. The minimum Gasteiger partial charge on any atom is -0.457 e. The van der Waals surface area contributed by atoms with Crippen LogP contribution in [0.4, 0.5) is 0 Å². The summed E-state index contributed by atoms with van der Waals surface area (Å²) in [5, 5.41) is 12.6. The largest absolute Gasteiger partial charge is 0.457 e. The fourth-order valence-electron chi connectivity index (χ4n) is 7.32. The second-order valence-corrected chi connectivity index (χ2v) is 14.0. The van der Waals surface area contributed by atoms with E-state index in [-0.39, 0.29) is 17.7 Å². The number of amides is 1. The van der Waals surface area contributed by atoms with Crippen molar-refractivity contribution in [2.24, 2.45) is 33.7 Å². The van der Waals surface area contributed by atoms with E-state index in [0.29, 0.717) is 30.1 Å². The van der Waals surface area contributed by atoms with E-state index >= 15 is 0 Å². The van der Waals surface area contributed by atoms with Crippen LogP contribution in [0.5, 0.6) is 11.5 Å². The lowest BCUT2D eigenvalue weighted by Gasteiger charge is -2.38. The molecule has 7 heteroatoms. The van der Waals surface area contributed by atoms with Crippen molar-refractivity contribution in [3.8, 4) is 11.5 Å². The maximum Gasteiger partial charge on any atom is 0.246 e. The molecular weight excluding hydrogens is 594 g/mol. The van der Waals surface area contributed by atoms with Gasteiger partial charge in [-0.05, 0) is 93.2 Å². The zero-order valence-corrected chi connectivity index (χ0v) is 29.5. The van der Waals surface area contributed by atoms with Crippen molar-refractivity contribution >= 4 is 23.5 Å². The maximum absolute atomic E-state index is 13.3. The molecule has 256 valence electrons. The number of nitrogens with zero attached hydrogens (tertiary/aromatic N) is 3. The number of nitrogens with one attached hydrogen (secondary N) is 2. The molecule has 2 fully saturated rings.